The fourth-order valence-corrected chi connectivity index (χ4v) is 2.15. The summed E-state index contributed by atoms with van der Waals surface area (Å²) in [6.07, 6.45) is -0.0630. The summed E-state index contributed by atoms with van der Waals surface area (Å²) in [5, 5.41) is 2.87. The van der Waals surface area contributed by atoms with Crippen molar-refractivity contribution in [2.75, 3.05) is 39.8 Å². The van der Waals surface area contributed by atoms with Crippen LogP contribution in [0.1, 0.15) is 6.92 Å². The maximum absolute atomic E-state index is 11.9. The minimum absolute atomic E-state index is 0.0630. The Kier molecular flexibility index (Phi) is 3.76. The molecule has 0 saturated carbocycles. The predicted molar refractivity (Wildman–Crippen MR) is 61.4 cm³/mol. The van der Waals surface area contributed by atoms with E-state index in [0.717, 1.165) is 13.1 Å². The van der Waals surface area contributed by atoms with Crippen molar-refractivity contribution in [2.45, 2.75) is 19.1 Å². The average molecular weight is 241 g/mol. The molecular weight excluding hydrogens is 222 g/mol. The number of imide groups is 1. The largest absolute Gasteiger partial charge is 0.374 e. The Morgan fingerprint density at radius 1 is 1.47 bits per heavy atom. The van der Waals surface area contributed by atoms with Crippen molar-refractivity contribution in [2.24, 2.45) is 0 Å². The van der Waals surface area contributed by atoms with Crippen LogP contribution in [0.25, 0.3) is 0 Å². The number of morpholine rings is 1. The molecule has 17 heavy (non-hydrogen) atoms. The first kappa shape index (κ1) is 12.5. The number of hydrogen-bond donors (Lipinski definition) is 1. The monoisotopic (exact) mass is 241 g/mol. The van der Waals surface area contributed by atoms with E-state index < -0.39 is 0 Å². The number of nitrogens with zero attached hydrogens (tertiary/aromatic N) is 2. The molecule has 0 aromatic carbocycles. The first-order valence-electron chi connectivity index (χ1n) is 5.95. The number of nitrogens with one attached hydrogen (secondary N) is 1. The quantitative estimate of drug-likeness (QED) is 0.607. The predicted octanol–water partition coefficient (Wildman–Crippen LogP) is -1.34. The lowest BCUT2D eigenvalue weighted by Crippen LogP contribution is -2.59. The number of amides is 2. The van der Waals surface area contributed by atoms with E-state index in [9.17, 15) is 9.59 Å². The highest BCUT2D eigenvalue weighted by atomic mass is 16.5. The van der Waals surface area contributed by atoms with Gasteiger partial charge in [0.2, 0.25) is 11.8 Å². The molecule has 0 bridgehead atoms. The summed E-state index contributed by atoms with van der Waals surface area (Å²) in [5.74, 6) is -0.317. The molecule has 0 radical (unpaired) electrons. The van der Waals surface area contributed by atoms with E-state index in [0.29, 0.717) is 13.2 Å². The molecule has 0 aromatic rings. The lowest BCUT2D eigenvalue weighted by Gasteiger charge is -2.36. The summed E-state index contributed by atoms with van der Waals surface area (Å²) in [4.78, 5) is 27.0. The SMILES string of the molecule is CC1NCC(=O)N(CC2CN(C)CCO2)C1=O. The van der Waals surface area contributed by atoms with Crippen LogP contribution in [0.2, 0.25) is 0 Å². The topological polar surface area (TPSA) is 61.9 Å². The van der Waals surface area contributed by atoms with Gasteiger partial charge in [-0.25, -0.2) is 0 Å². The molecule has 96 valence electrons. The van der Waals surface area contributed by atoms with E-state index in [1.165, 1.54) is 4.90 Å². The lowest BCUT2D eigenvalue weighted by atomic mass is 10.2. The Balaban J connectivity index is 1.96. The fourth-order valence-electron chi connectivity index (χ4n) is 2.15. The summed E-state index contributed by atoms with van der Waals surface area (Å²) < 4.78 is 5.57. The molecule has 2 aliphatic rings. The molecule has 0 aromatic heterocycles. The number of carbonyl (C=O) groups is 2. The number of likely N-dealkylation sites (N-methyl/N-ethyl adjacent to an activating group) is 1. The molecule has 0 spiro atoms. The Hall–Kier alpha value is -0.980. The van der Waals surface area contributed by atoms with Crippen molar-refractivity contribution >= 4 is 11.8 Å². The van der Waals surface area contributed by atoms with Gasteiger partial charge in [-0.05, 0) is 14.0 Å². The average Bonchev–Trinajstić information content (AvgIpc) is 2.30. The first-order valence-corrected chi connectivity index (χ1v) is 5.95. The van der Waals surface area contributed by atoms with E-state index in [-0.39, 0.29) is 30.5 Å². The minimum Gasteiger partial charge on any atom is -0.374 e. The second-order valence-electron chi connectivity index (χ2n) is 4.70. The highest BCUT2D eigenvalue weighted by molar-refractivity contribution is 6.01. The van der Waals surface area contributed by atoms with Crippen LogP contribution in [0.4, 0.5) is 0 Å². The number of piperazine rings is 1. The second-order valence-corrected chi connectivity index (χ2v) is 4.70. The van der Waals surface area contributed by atoms with E-state index >= 15 is 0 Å². The molecule has 6 nitrogen and oxygen atoms in total. The Morgan fingerprint density at radius 2 is 2.24 bits per heavy atom. The maximum Gasteiger partial charge on any atom is 0.246 e. The molecule has 2 amide bonds. The molecule has 2 heterocycles. The second kappa shape index (κ2) is 5.12. The molecular formula is C11H19N3O3. The standard InChI is InChI=1S/C11H19N3O3/c1-8-11(16)14(10(15)5-12-8)7-9-6-13(2)3-4-17-9/h8-9,12H,3-7H2,1-2H3. The van der Waals surface area contributed by atoms with Gasteiger partial charge in [0.1, 0.15) is 0 Å². The van der Waals surface area contributed by atoms with Gasteiger partial charge >= 0.3 is 0 Å². The van der Waals surface area contributed by atoms with Crippen LogP contribution in [-0.4, -0.2) is 73.6 Å². The van der Waals surface area contributed by atoms with Crippen LogP contribution in [-0.2, 0) is 14.3 Å². The van der Waals surface area contributed by atoms with Gasteiger partial charge in [-0.3, -0.25) is 19.8 Å². The van der Waals surface area contributed by atoms with Gasteiger partial charge in [0.05, 0.1) is 31.8 Å². The molecule has 2 saturated heterocycles. The fraction of sp³-hybridized carbons (Fsp3) is 0.818. The number of hydrogen-bond acceptors (Lipinski definition) is 5. The van der Waals surface area contributed by atoms with Crippen LogP contribution in [0.3, 0.4) is 0 Å². The summed E-state index contributed by atoms with van der Waals surface area (Å²) in [6.45, 7) is 4.69. The van der Waals surface area contributed by atoms with Crippen molar-refractivity contribution in [1.82, 2.24) is 15.1 Å². The van der Waals surface area contributed by atoms with Crippen LogP contribution in [0.5, 0.6) is 0 Å². The normalized spacial score (nSPS) is 32.0. The third-order valence-electron chi connectivity index (χ3n) is 3.23. The number of rotatable bonds is 2. The molecule has 2 atom stereocenters. The molecule has 2 rings (SSSR count). The molecule has 2 fully saturated rings. The Morgan fingerprint density at radius 3 is 2.94 bits per heavy atom. The van der Waals surface area contributed by atoms with Crippen LogP contribution in [0.15, 0.2) is 0 Å². The van der Waals surface area contributed by atoms with Gasteiger partial charge < -0.3 is 9.64 Å². The first-order chi connectivity index (χ1) is 8.08. The summed E-state index contributed by atoms with van der Waals surface area (Å²) in [7, 11) is 2.01. The van der Waals surface area contributed by atoms with Crippen molar-refractivity contribution < 1.29 is 14.3 Å². The van der Waals surface area contributed by atoms with Gasteiger partial charge in [0.15, 0.2) is 0 Å². The smallest absolute Gasteiger partial charge is 0.246 e. The van der Waals surface area contributed by atoms with E-state index in [2.05, 4.69) is 10.2 Å². The van der Waals surface area contributed by atoms with Crippen molar-refractivity contribution in [3.05, 3.63) is 0 Å². The highest BCUT2D eigenvalue weighted by Crippen LogP contribution is 2.09. The number of ether oxygens (including phenoxy) is 1. The van der Waals surface area contributed by atoms with E-state index in [1.54, 1.807) is 6.92 Å². The minimum atomic E-state index is -0.283. The molecule has 2 aliphatic heterocycles. The summed E-state index contributed by atoms with van der Waals surface area (Å²) in [6, 6.07) is -0.283. The molecule has 0 aliphatic carbocycles. The zero-order valence-electron chi connectivity index (χ0n) is 10.3. The third kappa shape index (κ3) is 2.83. The van der Waals surface area contributed by atoms with Crippen molar-refractivity contribution in [1.29, 1.82) is 0 Å². The van der Waals surface area contributed by atoms with Gasteiger partial charge in [0, 0.05) is 13.1 Å². The van der Waals surface area contributed by atoms with Crippen molar-refractivity contribution in [3.8, 4) is 0 Å². The zero-order valence-corrected chi connectivity index (χ0v) is 10.3. The summed E-state index contributed by atoms with van der Waals surface area (Å²) >= 11 is 0. The molecule has 1 N–H and O–H groups in total. The van der Waals surface area contributed by atoms with Gasteiger partial charge in [-0.1, -0.05) is 0 Å². The maximum atomic E-state index is 11.9. The van der Waals surface area contributed by atoms with E-state index in [1.807, 2.05) is 7.05 Å². The van der Waals surface area contributed by atoms with Crippen LogP contribution in [0, 0.1) is 0 Å². The lowest BCUT2D eigenvalue weighted by molar-refractivity contribution is -0.152. The summed E-state index contributed by atoms with van der Waals surface area (Å²) in [5.41, 5.74) is 0. The van der Waals surface area contributed by atoms with E-state index in [4.69, 9.17) is 4.74 Å². The number of carbonyl (C=O) groups excluding carboxylic acids is 2. The van der Waals surface area contributed by atoms with Crippen LogP contribution < -0.4 is 5.32 Å². The van der Waals surface area contributed by atoms with Gasteiger partial charge in [0.25, 0.3) is 0 Å². The molecule has 2 unspecified atom stereocenters. The molecule has 6 heteroatoms. The van der Waals surface area contributed by atoms with Gasteiger partial charge in [-0.15, -0.1) is 0 Å². The highest BCUT2D eigenvalue weighted by Gasteiger charge is 2.33. The van der Waals surface area contributed by atoms with Crippen molar-refractivity contribution in [3.63, 3.8) is 0 Å². The van der Waals surface area contributed by atoms with Crippen LogP contribution >= 0.6 is 0 Å². The van der Waals surface area contributed by atoms with Gasteiger partial charge in [-0.2, -0.15) is 0 Å². The Labute approximate surface area is 101 Å². The third-order valence-corrected chi connectivity index (χ3v) is 3.23. The zero-order chi connectivity index (χ0) is 12.4. The Bertz CT molecular complexity index is 321.